The third kappa shape index (κ3) is 9.61. The number of aromatic nitrogens is 6. The Morgan fingerprint density at radius 1 is 0.638 bits per heavy atom. The smallest absolute Gasteiger partial charge is 0.180 e. The molecule has 0 unspecified atom stereocenters. The van der Waals surface area contributed by atoms with E-state index in [1.54, 1.807) is 38.7 Å². The Labute approximate surface area is 340 Å². The van der Waals surface area contributed by atoms with E-state index in [0.717, 1.165) is 111 Å². The molecule has 2 fully saturated rings. The molecule has 0 radical (unpaired) electrons. The van der Waals surface area contributed by atoms with Crippen molar-refractivity contribution in [2.45, 2.75) is 102 Å². The minimum absolute atomic E-state index is 0.101. The maximum Gasteiger partial charge on any atom is 0.180 e. The first-order valence-electron chi connectivity index (χ1n) is 20.7. The van der Waals surface area contributed by atoms with Gasteiger partial charge in [-0.15, -0.1) is 0 Å². The number of methoxy groups -OCH3 is 2. The zero-order valence-electron chi connectivity index (χ0n) is 34.2. The molecule has 0 bridgehead atoms. The van der Waals surface area contributed by atoms with E-state index >= 15 is 0 Å². The van der Waals surface area contributed by atoms with Gasteiger partial charge in [-0.1, -0.05) is 12.8 Å². The van der Waals surface area contributed by atoms with Gasteiger partial charge in [-0.25, -0.2) is 19.9 Å². The van der Waals surface area contributed by atoms with Crippen molar-refractivity contribution in [1.82, 2.24) is 29.9 Å². The van der Waals surface area contributed by atoms with Crippen LogP contribution in [-0.2, 0) is 35.3 Å². The van der Waals surface area contributed by atoms with Gasteiger partial charge in [0.05, 0.1) is 39.5 Å². The number of Topliss-reactive ketones (excluding diaryl/α,β-unsaturated/α-hetero) is 2. The molecule has 2 N–H and O–H groups in total. The zero-order chi connectivity index (χ0) is 40.8. The second-order valence-electron chi connectivity index (χ2n) is 16.2. The van der Waals surface area contributed by atoms with Gasteiger partial charge in [-0.05, 0) is 88.2 Å². The van der Waals surface area contributed by atoms with Crippen LogP contribution in [0.15, 0.2) is 36.7 Å². The number of nitrogens with zero attached hydrogens (tertiary/aromatic N) is 8. The van der Waals surface area contributed by atoms with Gasteiger partial charge in [-0.3, -0.25) is 19.6 Å². The van der Waals surface area contributed by atoms with Gasteiger partial charge in [-0.2, -0.15) is 0 Å². The minimum Gasteiger partial charge on any atom is -0.497 e. The van der Waals surface area contributed by atoms with Crippen molar-refractivity contribution in [2.75, 3.05) is 51.2 Å². The van der Waals surface area contributed by atoms with E-state index in [2.05, 4.69) is 9.97 Å². The summed E-state index contributed by atoms with van der Waals surface area (Å²) in [4.78, 5) is 57.0. The highest BCUT2D eigenvalue weighted by molar-refractivity contribution is 5.84. The van der Waals surface area contributed by atoms with Gasteiger partial charge in [0, 0.05) is 74.0 Å². The Hall–Kier alpha value is -5.08. The van der Waals surface area contributed by atoms with E-state index < -0.39 is 0 Å². The molecule has 4 aliphatic carbocycles. The Bertz CT molecular complexity index is 1950. The van der Waals surface area contributed by atoms with Gasteiger partial charge in [0.15, 0.2) is 23.2 Å². The molecular weight excluding hydrogens is 737 g/mol. The number of aryl methyl sites for hydroxylation is 2. The first-order chi connectivity index (χ1) is 28.1. The number of anilines is 2. The number of fused-ring (bicyclic) bond motifs is 2. The molecule has 14 nitrogen and oxygen atoms in total. The summed E-state index contributed by atoms with van der Waals surface area (Å²) in [6, 6.07) is 7.24. The summed E-state index contributed by atoms with van der Waals surface area (Å²) in [6.07, 6.45) is 14.8. The van der Waals surface area contributed by atoms with E-state index in [-0.39, 0.29) is 48.7 Å². The first kappa shape index (κ1) is 41.1. The number of ketones is 2. The second kappa shape index (κ2) is 18.7. The molecule has 4 aliphatic rings. The number of pyridine rings is 2. The van der Waals surface area contributed by atoms with Crippen LogP contribution in [0.2, 0.25) is 0 Å². The van der Waals surface area contributed by atoms with Crippen LogP contribution >= 0.6 is 0 Å². The summed E-state index contributed by atoms with van der Waals surface area (Å²) in [5.41, 5.74) is 5.67. The van der Waals surface area contributed by atoms with Gasteiger partial charge < -0.3 is 29.5 Å². The molecule has 0 spiro atoms. The van der Waals surface area contributed by atoms with Crippen LogP contribution in [0.3, 0.4) is 0 Å². The number of carbonyl (C=O) groups excluding carboxylic acids is 2. The van der Waals surface area contributed by atoms with Crippen molar-refractivity contribution in [3.63, 3.8) is 0 Å². The number of ether oxygens (including phenoxy) is 2. The fraction of sp³-hybridized carbons (Fsp3) is 0.545. The molecule has 4 atom stereocenters. The Morgan fingerprint density at radius 3 is 1.45 bits per heavy atom. The zero-order valence-corrected chi connectivity index (χ0v) is 34.2. The summed E-state index contributed by atoms with van der Waals surface area (Å²) >= 11 is 0. The fourth-order valence-electron chi connectivity index (χ4n) is 8.91. The largest absolute Gasteiger partial charge is 0.497 e. The molecule has 58 heavy (non-hydrogen) atoms. The lowest BCUT2D eigenvalue weighted by Crippen LogP contribution is -2.30. The molecule has 8 rings (SSSR count). The third-order valence-corrected chi connectivity index (χ3v) is 12.0. The topological polar surface area (TPSA) is 177 Å². The van der Waals surface area contributed by atoms with Crippen molar-refractivity contribution in [1.29, 1.82) is 0 Å². The van der Waals surface area contributed by atoms with Crippen LogP contribution in [0, 0.1) is 11.8 Å². The molecule has 4 aromatic rings. The second-order valence-corrected chi connectivity index (χ2v) is 16.2. The SMILES string of the molecule is COc1ccnc(-c2nc3c(c(N(C)CC(=O)C[C@@H]4CCC[C@@H]4O)n2)CCC3)c1.COc1ccnc(-c2nc3c(c(N(C)CC(=O)C[C@H]4CCC[C@H]4O)n2)CCC3)c1. The fourth-order valence-corrected chi connectivity index (χ4v) is 8.91. The van der Waals surface area contributed by atoms with Crippen molar-refractivity contribution >= 4 is 23.2 Å². The Morgan fingerprint density at radius 2 is 1.07 bits per heavy atom. The lowest BCUT2D eigenvalue weighted by molar-refractivity contribution is -0.120. The van der Waals surface area contributed by atoms with Crippen LogP contribution in [-0.4, -0.2) is 105 Å². The van der Waals surface area contributed by atoms with Gasteiger partial charge >= 0.3 is 0 Å². The lowest BCUT2D eigenvalue weighted by atomic mass is 9.99. The van der Waals surface area contributed by atoms with Crippen molar-refractivity contribution in [3.05, 3.63) is 59.2 Å². The van der Waals surface area contributed by atoms with Crippen LogP contribution < -0.4 is 19.3 Å². The van der Waals surface area contributed by atoms with E-state index in [1.165, 1.54) is 0 Å². The first-order valence-corrected chi connectivity index (χ1v) is 20.7. The molecule has 2 saturated carbocycles. The number of aliphatic hydroxyl groups is 2. The average molecular weight is 793 g/mol. The van der Waals surface area contributed by atoms with Crippen molar-refractivity contribution in [2.24, 2.45) is 11.8 Å². The molecule has 4 heterocycles. The van der Waals surface area contributed by atoms with Crippen LogP contribution in [0.25, 0.3) is 23.0 Å². The average Bonchev–Trinajstić information content (AvgIpc) is 4.07. The molecule has 4 aromatic heterocycles. The minimum atomic E-state index is -0.335. The van der Waals surface area contributed by atoms with E-state index in [1.807, 2.05) is 36.0 Å². The highest BCUT2D eigenvalue weighted by Crippen LogP contribution is 2.34. The third-order valence-electron chi connectivity index (χ3n) is 12.0. The standard InChI is InChI=1S/2C22H28N4O3/c2*1-26(13-15(27)11-14-5-3-8-20(14)28)22-17-6-4-7-18(17)24-21(25-22)19-12-16(29-2)9-10-23-19/h2*9-10,12,14,20,28H,3-8,11,13H2,1-2H3/t2*14-,20-/m10/s1. The molecule has 0 amide bonds. The molecular formula is C44H56N8O6. The van der Waals surface area contributed by atoms with E-state index in [9.17, 15) is 19.8 Å². The summed E-state index contributed by atoms with van der Waals surface area (Å²) in [6.45, 7) is 0.579. The highest BCUT2D eigenvalue weighted by Gasteiger charge is 2.30. The van der Waals surface area contributed by atoms with Crippen LogP contribution in [0.4, 0.5) is 11.6 Å². The van der Waals surface area contributed by atoms with Crippen LogP contribution in [0.5, 0.6) is 11.5 Å². The maximum absolute atomic E-state index is 12.6. The van der Waals surface area contributed by atoms with Crippen molar-refractivity contribution in [3.8, 4) is 34.5 Å². The molecule has 0 aliphatic heterocycles. The number of hydrogen-bond acceptors (Lipinski definition) is 14. The molecule has 14 heteroatoms. The predicted octanol–water partition coefficient (Wildman–Crippen LogP) is 5.18. The lowest BCUT2D eigenvalue weighted by Gasteiger charge is -2.22. The number of aliphatic hydroxyl groups excluding tert-OH is 2. The number of rotatable bonds is 14. The summed E-state index contributed by atoms with van der Waals surface area (Å²) in [5.74, 6) is 4.65. The van der Waals surface area contributed by atoms with E-state index in [0.29, 0.717) is 47.4 Å². The van der Waals surface area contributed by atoms with Gasteiger partial charge in [0.25, 0.3) is 0 Å². The quantitative estimate of drug-likeness (QED) is 0.171. The maximum atomic E-state index is 12.6. The number of carbonyl (C=O) groups is 2. The molecule has 0 saturated heterocycles. The normalized spacial score (nSPS) is 20.5. The van der Waals surface area contributed by atoms with Gasteiger partial charge in [0.1, 0.15) is 34.5 Å². The summed E-state index contributed by atoms with van der Waals surface area (Å²) in [5, 5.41) is 20.0. The highest BCUT2D eigenvalue weighted by atomic mass is 16.5. The Balaban J connectivity index is 0.000000177. The molecule has 0 aromatic carbocycles. The van der Waals surface area contributed by atoms with Gasteiger partial charge in [0.2, 0.25) is 0 Å². The predicted molar refractivity (Wildman–Crippen MR) is 220 cm³/mol. The number of likely N-dealkylation sites (N-methyl/N-ethyl adjacent to an activating group) is 2. The molecule has 308 valence electrons. The van der Waals surface area contributed by atoms with Crippen LogP contribution in [0.1, 0.15) is 86.7 Å². The summed E-state index contributed by atoms with van der Waals surface area (Å²) < 4.78 is 10.6. The monoisotopic (exact) mass is 792 g/mol. The van der Waals surface area contributed by atoms with E-state index in [4.69, 9.17) is 29.4 Å². The summed E-state index contributed by atoms with van der Waals surface area (Å²) in [7, 11) is 7.06. The van der Waals surface area contributed by atoms with Crippen molar-refractivity contribution < 1.29 is 29.3 Å². The Kier molecular flexibility index (Phi) is 13.2. The number of hydrogen-bond donors (Lipinski definition) is 2.